The summed E-state index contributed by atoms with van der Waals surface area (Å²) in [5, 5.41) is 7.26. The number of anilines is 2. The summed E-state index contributed by atoms with van der Waals surface area (Å²) in [5.41, 5.74) is 12.9. The second-order valence-electron chi connectivity index (χ2n) is 16.4. The summed E-state index contributed by atoms with van der Waals surface area (Å²) >= 11 is 0. The van der Waals surface area contributed by atoms with Gasteiger partial charge in [-0.25, -0.2) is 15.0 Å². The third-order valence-electron chi connectivity index (χ3n) is 12.9. The fourth-order valence-corrected chi connectivity index (χ4v) is 10.2. The first-order chi connectivity index (χ1) is 30.7. The van der Waals surface area contributed by atoms with E-state index in [0.717, 1.165) is 33.2 Å². The second-order valence-corrected chi connectivity index (χ2v) is 16.4. The Kier molecular flexibility index (Phi) is 7.66. The molecular weight excluding hydrogens is 755 g/mol. The maximum absolute atomic E-state index is 5.09. The van der Waals surface area contributed by atoms with Crippen molar-refractivity contribution in [2.24, 2.45) is 0 Å². The van der Waals surface area contributed by atoms with E-state index < -0.39 is 0 Å². The summed E-state index contributed by atoms with van der Waals surface area (Å²) in [6.45, 7) is 0. The molecule has 2 aliphatic rings. The standard InChI is InChI=1S/C57H37N5/c1-3-16-38(17-4-1)55-58-56(39-18-5-2-6-19-39)60-57(59-55)46-24-13-21-41-35-43(29-30-44(41)46)61-48-25-12-11-23-47(48)53-50(61)32-33-51-54(53)52-45-22-10-9-15-37(45)27-31-49(52)62(51)42-28-26-36-14-7-8-20-40(36)34-42/h1-35,49,52H. The van der Waals surface area contributed by atoms with Crippen LogP contribution in [-0.2, 0) is 0 Å². The van der Waals surface area contributed by atoms with Crippen molar-refractivity contribution in [1.29, 1.82) is 0 Å². The molecule has 0 bridgehead atoms. The number of nitrogens with zero attached hydrogens (tertiary/aromatic N) is 5. The fraction of sp³-hybridized carbons (Fsp3) is 0.0351. The minimum Gasteiger partial charge on any atom is -0.333 e. The number of fused-ring (bicyclic) bond motifs is 11. The number of aromatic nitrogens is 4. The van der Waals surface area contributed by atoms with Gasteiger partial charge in [-0.15, -0.1) is 0 Å². The van der Waals surface area contributed by atoms with Gasteiger partial charge < -0.3 is 9.47 Å². The number of para-hydroxylation sites is 1. The van der Waals surface area contributed by atoms with Crippen molar-refractivity contribution in [1.82, 2.24) is 19.5 Å². The van der Waals surface area contributed by atoms with Crippen LogP contribution >= 0.6 is 0 Å². The van der Waals surface area contributed by atoms with Gasteiger partial charge in [0.15, 0.2) is 17.5 Å². The smallest absolute Gasteiger partial charge is 0.164 e. The van der Waals surface area contributed by atoms with E-state index in [1.165, 1.54) is 60.6 Å². The molecule has 5 nitrogen and oxygen atoms in total. The highest BCUT2D eigenvalue weighted by atomic mass is 15.2. The molecule has 0 radical (unpaired) electrons. The van der Waals surface area contributed by atoms with Crippen LogP contribution in [0, 0.1) is 0 Å². The molecule has 9 aromatic carbocycles. The van der Waals surface area contributed by atoms with E-state index in [0.29, 0.717) is 17.5 Å². The second kappa shape index (κ2) is 13.7. The number of hydrogen-bond acceptors (Lipinski definition) is 4. The minimum atomic E-state index is 0.132. The van der Waals surface area contributed by atoms with Crippen molar-refractivity contribution >= 4 is 60.8 Å². The van der Waals surface area contributed by atoms with Crippen LogP contribution in [0.15, 0.2) is 206 Å². The highest BCUT2D eigenvalue weighted by Crippen LogP contribution is 2.55. The van der Waals surface area contributed by atoms with Crippen LogP contribution < -0.4 is 4.90 Å². The lowest BCUT2D eigenvalue weighted by Gasteiger charge is -2.31. The average Bonchev–Trinajstić information content (AvgIpc) is 3.87. The molecule has 0 fully saturated rings. The lowest BCUT2D eigenvalue weighted by Crippen LogP contribution is -2.30. The van der Waals surface area contributed by atoms with Crippen molar-refractivity contribution in [2.45, 2.75) is 12.0 Å². The number of benzene rings is 9. The summed E-state index contributed by atoms with van der Waals surface area (Å²) < 4.78 is 2.46. The molecule has 0 spiro atoms. The Morgan fingerprint density at radius 3 is 1.92 bits per heavy atom. The number of hydrogen-bond donors (Lipinski definition) is 0. The Hall–Kier alpha value is -8.15. The van der Waals surface area contributed by atoms with Crippen LogP contribution in [0.5, 0.6) is 0 Å². The molecule has 0 saturated heterocycles. The molecule has 62 heavy (non-hydrogen) atoms. The summed E-state index contributed by atoms with van der Waals surface area (Å²) in [6.07, 6.45) is 4.74. The Balaban J connectivity index is 1.00. The highest BCUT2D eigenvalue weighted by molar-refractivity contribution is 6.14. The van der Waals surface area contributed by atoms with Crippen molar-refractivity contribution in [2.75, 3.05) is 4.90 Å². The summed E-state index contributed by atoms with van der Waals surface area (Å²) in [6, 6.07) is 71.8. The average molecular weight is 792 g/mol. The van der Waals surface area contributed by atoms with Gasteiger partial charge in [0.1, 0.15) is 0 Å². The lowest BCUT2D eigenvalue weighted by atomic mass is 9.80. The van der Waals surface area contributed by atoms with Crippen molar-refractivity contribution in [3.05, 3.63) is 223 Å². The molecule has 0 amide bonds. The maximum Gasteiger partial charge on any atom is 0.164 e. The molecule has 2 unspecified atom stereocenters. The van der Waals surface area contributed by atoms with Crippen LogP contribution in [0.1, 0.15) is 22.6 Å². The van der Waals surface area contributed by atoms with E-state index in [-0.39, 0.29) is 12.0 Å². The van der Waals surface area contributed by atoms with Gasteiger partial charge in [0, 0.05) is 50.4 Å². The van der Waals surface area contributed by atoms with Gasteiger partial charge in [0.05, 0.1) is 17.1 Å². The third-order valence-corrected chi connectivity index (χ3v) is 12.9. The molecule has 0 N–H and O–H groups in total. The molecule has 3 heterocycles. The van der Waals surface area contributed by atoms with E-state index in [1.54, 1.807) is 0 Å². The van der Waals surface area contributed by atoms with E-state index in [9.17, 15) is 0 Å². The van der Waals surface area contributed by atoms with Gasteiger partial charge in [0.25, 0.3) is 0 Å². The number of rotatable bonds is 5. The van der Waals surface area contributed by atoms with Gasteiger partial charge in [-0.2, -0.15) is 0 Å². The first-order valence-electron chi connectivity index (χ1n) is 21.3. The topological polar surface area (TPSA) is 46.8 Å². The quantitative estimate of drug-likeness (QED) is 0.174. The van der Waals surface area contributed by atoms with E-state index in [4.69, 9.17) is 15.0 Å². The summed E-state index contributed by atoms with van der Waals surface area (Å²) in [7, 11) is 0. The van der Waals surface area contributed by atoms with Crippen LogP contribution in [0.3, 0.4) is 0 Å². The minimum absolute atomic E-state index is 0.132. The van der Waals surface area contributed by atoms with Crippen molar-refractivity contribution < 1.29 is 0 Å². The first-order valence-corrected chi connectivity index (χ1v) is 21.3. The first kappa shape index (κ1) is 34.7. The van der Waals surface area contributed by atoms with Gasteiger partial charge in [-0.1, -0.05) is 170 Å². The molecule has 2 aromatic heterocycles. The van der Waals surface area contributed by atoms with Crippen LogP contribution in [0.4, 0.5) is 11.4 Å². The predicted molar refractivity (Wildman–Crippen MR) is 255 cm³/mol. The maximum atomic E-state index is 5.09. The largest absolute Gasteiger partial charge is 0.333 e. The Labute approximate surface area is 358 Å². The predicted octanol–water partition coefficient (Wildman–Crippen LogP) is 14.0. The zero-order chi connectivity index (χ0) is 40.7. The molecule has 1 aliphatic carbocycles. The highest BCUT2D eigenvalue weighted by Gasteiger charge is 2.43. The summed E-state index contributed by atoms with van der Waals surface area (Å²) in [5.74, 6) is 2.11. The molecule has 13 rings (SSSR count). The molecule has 290 valence electrons. The van der Waals surface area contributed by atoms with Crippen LogP contribution in [0.25, 0.3) is 89.3 Å². The molecule has 0 saturated carbocycles. The molecule has 1 aliphatic heterocycles. The van der Waals surface area contributed by atoms with Crippen molar-refractivity contribution in [3.63, 3.8) is 0 Å². The Morgan fingerprint density at radius 2 is 1.10 bits per heavy atom. The van der Waals surface area contributed by atoms with E-state index >= 15 is 0 Å². The lowest BCUT2D eigenvalue weighted by molar-refractivity contribution is 0.727. The Morgan fingerprint density at radius 1 is 0.435 bits per heavy atom. The third kappa shape index (κ3) is 5.31. The van der Waals surface area contributed by atoms with Gasteiger partial charge in [0.2, 0.25) is 0 Å². The molecule has 2 atom stereocenters. The monoisotopic (exact) mass is 791 g/mol. The Bertz CT molecular complexity index is 3550. The van der Waals surface area contributed by atoms with E-state index in [2.05, 4.69) is 185 Å². The van der Waals surface area contributed by atoms with Crippen LogP contribution in [0.2, 0.25) is 0 Å². The van der Waals surface area contributed by atoms with Crippen LogP contribution in [-0.4, -0.2) is 25.6 Å². The summed E-state index contributed by atoms with van der Waals surface area (Å²) in [4.78, 5) is 17.7. The fourth-order valence-electron chi connectivity index (χ4n) is 10.2. The van der Waals surface area contributed by atoms with Gasteiger partial charge in [-0.05, 0) is 80.7 Å². The SMILES string of the molecule is C1=CC2C(c3ccccc31)c1c(ccc3c1c1ccccc1n3-c1ccc3c(-c4nc(-c5ccccc5)nc(-c5ccccc5)n4)cccc3c1)N2c1ccc2ccccc2c1. The van der Waals surface area contributed by atoms with Gasteiger partial charge >= 0.3 is 0 Å². The van der Waals surface area contributed by atoms with Crippen molar-refractivity contribution in [3.8, 4) is 39.9 Å². The zero-order valence-electron chi connectivity index (χ0n) is 33.6. The zero-order valence-corrected chi connectivity index (χ0v) is 33.6. The molecule has 5 heteroatoms. The van der Waals surface area contributed by atoms with Gasteiger partial charge in [-0.3, -0.25) is 0 Å². The normalized spacial score (nSPS) is 15.3. The van der Waals surface area contributed by atoms with E-state index in [1.807, 2.05) is 36.4 Å². The molecule has 11 aromatic rings. The molecular formula is C57H37N5.